The molecule has 6 heteroatoms. The largest absolute Gasteiger partial charge is 0.493 e. The van der Waals surface area contributed by atoms with Gasteiger partial charge in [0.15, 0.2) is 11.5 Å². The smallest absolute Gasteiger partial charge is 0.343 e. The van der Waals surface area contributed by atoms with Crippen LogP contribution in [-0.4, -0.2) is 13.1 Å². The summed E-state index contributed by atoms with van der Waals surface area (Å²) in [6.07, 6.45) is 1.42. The van der Waals surface area contributed by atoms with Crippen LogP contribution >= 0.6 is 11.6 Å². The number of carbonyl (C=O) groups excluding carboxylic acids is 1. The molecule has 0 aliphatic carbocycles. The first-order valence-electron chi connectivity index (χ1n) is 6.72. The van der Waals surface area contributed by atoms with Crippen LogP contribution in [0.1, 0.15) is 15.9 Å². The third-order valence-electron chi connectivity index (χ3n) is 3.01. The van der Waals surface area contributed by atoms with E-state index in [1.807, 2.05) is 0 Å². The van der Waals surface area contributed by atoms with Crippen LogP contribution in [0.3, 0.4) is 0 Å². The highest BCUT2D eigenvalue weighted by molar-refractivity contribution is 6.30. The lowest BCUT2D eigenvalue weighted by Crippen LogP contribution is -2.09. The Labute approximate surface area is 144 Å². The van der Waals surface area contributed by atoms with Crippen molar-refractivity contribution in [2.24, 2.45) is 0 Å². The molecule has 0 radical (unpaired) electrons. The Hall–Kier alpha value is -3.28. The molecule has 2 aromatic carbocycles. The lowest BCUT2D eigenvalue weighted by molar-refractivity contribution is 0.0729. The zero-order valence-corrected chi connectivity index (χ0v) is 13.4. The van der Waals surface area contributed by atoms with Gasteiger partial charge >= 0.3 is 5.97 Å². The molecule has 5 nitrogen and oxygen atoms in total. The van der Waals surface area contributed by atoms with Gasteiger partial charge in [-0.15, -0.1) is 0 Å². The molecule has 0 spiro atoms. The van der Waals surface area contributed by atoms with Crippen LogP contribution in [0, 0.1) is 17.9 Å². The van der Waals surface area contributed by atoms with Gasteiger partial charge in [-0.3, -0.25) is 0 Å². The van der Waals surface area contributed by atoms with E-state index in [4.69, 9.17) is 32.9 Å². The molecular formula is C18H11ClN2O3. The quantitative estimate of drug-likeness (QED) is 0.360. The van der Waals surface area contributed by atoms with Crippen molar-refractivity contribution < 1.29 is 14.3 Å². The van der Waals surface area contributed by atoms with Gasteiger partial charge in [-0.05, 0) is 48.0 Å². The van der Waals surface area contributed by atoms with Gasteiger partial charge in [0.1, 0.15) is 0 Å². The molecule has 2 aromatic rings. The summed E-state index contributed by atoms with van der Waals surface area (Å²) in [6.45, 7) is 6.88. The number of esters is 1. The first-order valence-corrected chi connectivity index (χ1v) is 7.10. The van der Waals surface area contributed by atoms with E-state index in [1.54, 1.807) is 42.5 Å². The van der Waals surface area contributed by atoms with Crippen LogP contribution in [0.15, 0.2) is 48.2 Å². The van der Waals surface area contributed by atoms with Crippen LogP contribution < -0.4 is 9.47 Å². The lowest BCUT2D eigenvalue weighted by Gasteiger charge is -2.10. The third-order valence-corrected chi connectivity index (χ3v) is 3.26. The molecule has 0 aliphatic heterocycles. The van der Waals surface area contributed by atoms with Gasteiger partial charge < -0.3 is 9.47 Å². The maximum Gasteiger partial charge on any atom is 0.343 e. The van der Waals surface area contributed by atoms with E-state index in [2.05, 4.69) is 4.85 Å². The fraction of sp³-hybridized carbons (Fsp3) is 0.0556. The number of ether oxygens (including phenoxy) is 2. The number of halogens is 1. The molecular weight excluding hydrogens is 328 g/mol. The van der Waals surface area contributed by atoms with Gasteiger partial charge in [-0.25, -0.2) is 14.9 Å². The SMILES string of the molecule is [C-]#[N+]C(C#N)=Cc1ccc(OC(=O)c2ccc(Cl)cc2)c(OC)c1. The zero-order valence-electron chi connectivity index (χ0n) is 12.6. The van der Waals surface area contributed by atoms with E-state index in [0.29, 0.717) is 21.9 Å². The molecule has 0 atom stereocenters. The van der Waals surface area contributed by atoms with Crippen LogP contribution in [0.25, 0.3) is 10.9 Å². The fourth-order valence-corrected chi connectivity index (χ4v) is 1.98. The summed E-state index contributed by atoms with van der Waals surface area (Å²) in [4.78, 5) is 15.2. The molecule has 0 aliphatic rings. The first kappa shape index (κ1) is 17.1. The normalized spacial score (nSPS) is 10.4. The third kappa shape index (κ3) is 4.13. The molecule has 0 unspecified atom stereocenters. The molecule has 0 amide bonds. The lowest BCUT2D eigenvalue weighted by atomic mass is 10.1. The van der Waals surface area contributed by atoms with E-state index in [0.717, 1.165) is 0 Å². The Bertz CT molecular complexity index is 859. The number of benzene rings is 2. The van der Waals surface area contributed by atoms with Crippen molar-refractivity contribution in [3.05, 3.63) is 75.7 Å². The van der Waals surface area contributed by atoms with Gasteiger partial charge in [0.05, 0.1) is 25.3 Å². The predicted octanol–water partition coefficient (Wildman–Crippen LogP) is 4.35. The molecule has 0 saturated heterocycles. The van der Waals surface area contributed by atoms with E-state index < -0.39 is 5.97 Å². The maximum atomic E-state index is 12.1. The number of carbonyl (C=O) groups is 1. The molecule has 0 heterocycles. The second-order valence-corrected chi connectivity index (χ2v) is 5.00. The van der Waals surface area contributed by atoms with Gasteiger partial charge in [-0.1, -0.05) is 17.7 Å². The van der Waals surface area contributed by atoms with Crippen molar-refractivity contribution in [1.82, 2.24) is 0 Å². The number of rotatable bonds is 4. The number of nitriles is 1. The van der Waals surface area contributed by atoms with Crippen LogP contribution in [0.2, 0.25) is 5.02 Å². The first-order chi connectivity index (χ1) is 11.6. The predicted molar refractivity (Wildman–Crippen MR) is 89.6 cm³/mol. The number of nitrogens with zero attached hydrogens (tertiary/aromatic N) is 2. The number of allylic oxidation sites excluding steroid dienone is 1. The van der Waals surface area contributed by atoms with Crippen molar-refractivity contribution in [3.63, 3.8) is 0 Å². The standard InChI is InChI=1S/C18H11ClN2O3/c1-21-15(11-20)9-12-3-8-16(17(10-12)23-2)24-18(22)13-4-6-14(19)7-5-13/h3-10H,2H3. The summed E-state index contributed by atoms with van der Waals surface area (Å²) < 4.78 is 10.5. The molecule has 0 N–H and O–H groups in total. The zero-order chi connectivity index (χ0) is 17.5. The monoisotopic (exact) mass is 338 g/mol. The summed E-state index contributed by atoms with van der Waals surface area (Å²) in [5.41, 5.74) is 0.888. The fourth-order valence-electron chi connectivity index (χ4n) is 1.85. The van der Waals surface area contributed by atoms with E-state index in [-0.39, 0.29) is 11.4 Å². The number of methoxy groups -OCH3 is 1. The van der Waals surface area contributed by atoms with Crippen LogP contribution in [-0.2, 0) is 0 Å². The molecule has 118 valence electrons. The summed E-state index contributed by atoms with van der Waals surface area (Å²) in [5.74, 6) is -0.00335. The van der Waals surface area contributed by atoms with Gasteiger partial charge in [0, 0.05) is 5.02 Å². The highest BCUT2D eigenvalue weighted by Gasteiger charge is 2.13. The van der Waals surface area contributed by atoms with E-state index >= 15 is 0 Å². The molecule has 0 bridgehead atoms. The minimum Gasteiger partial charge on any atom is -0.493 e. The van der Waals surface area contributed by atoms with Gasteiger partial charge in [0.25, 0.3) is 5.70 Å². The molecule has 2 rings (SSSR count). The highest BCUT2D eigenvalue weighted by Crippen LogP contribution is 2.29. The number of hydrogen-bond donors (Lipinski definition) is 0. The van der Waals surface area contributed by atoms with E-state index in [9.17, 15) is 4.79 Å². The van der Waals surface area contributed by atoms with Gasteiger partial charge in [-0.2, -0.15) is 0 Å². The maximum absolute atomic E-state index is 12.1. The average Bonchev–Trinajstić information content (AvgIpc) is 2.61. The summed E-state index contributed by atoms with van der Waals surface area (Å²) in [6, 6.07) is 12.8. The Kier molecular flexibility index (Phi) is 5.57. The molecule has 24 heavy (non-hydrogen) atoms. The Balaban J connectivity index is 2.27. The van der Waals surface area contributed by atoms with Crippen LogP contribution in [0.5, 0.6) is 11.5 Å². The molecule has 0 fully saturated rings. The van der Waals surface area contributed by atoms with Crippen molar-refractivity contribution in [2.75, 3.05) is 7.11 Å². The Morgan fingerprint density at radius 2 is 1.96 bits per heavy atom. The topological polar surface area (TPSA) is 63.7 Å². The highest BCUT2D eigenvalue weighted by atomic mass is 35.5. The van der Waals surface area contributed by atoms with Crippen molar-refractivity contribution in [2.45, 2.75) is 0 Å². The average molecular weight is 339 g/mol. The van der Waals surface area contributed by atoms with Crippen molar-refractivity contribution in [1.29, 1.82) is 5.26 Å². The second-order valence-electron chi connectivity index (χ2n) is 4.56. The summed E-state index contributed by atoms with van der Waals surface area (Å²) in [5, 5.41) is 9.31. The van der Waals surface area contributed by atoms with Gasteiger partial charge in [0.2, 0.25) is 0 Å². The Morgan fingerprint density at radius 3 is 2.54 bits per heavy atom. The van der Waals surface area contributed by atoms with Crippen molar-refractivity contribution in [3.8, 4) is 17.6 Å². The minimum absolute atomic E-state index is 0.0528. The summed E-state index contributed by atoms with van der Waals surface area (Å²) >= 11 is 5.79. The minimum atomic E-state index is -0.549. The number of hydrogen-bond acceptors (Lipinski definition) is 4. The molecule has 0 aromatic heterocycles. The molecule has 0 saturated carbocycles. The summed E-state index contributed by atoms with van der Waals surface area (Å²) in [7, 11) is 1.43. The van der Waals surface area contributed by atoms with Crippen LogP contribution in [0.4, 0.5) is 0 Å². The Morgan fingerprint density at radius 1 is 1.25 bits per heavy atom. The van der Waals surface area contributed by atoms with E-state index in [1.165, 1.54) is 19.3 Å². The second kappa shape index (κ2) is 7.82. The van der Waals surface area contributed by atoms with Crippen molar-refractivity contribution >= 4 is 23.6 Å².